The quantitative estimate of drug-likeness (QED) is 0.109. The van der Waals surface area contributed by atoms with E-state index in [1.807, 2.05) is 0 Å². The summed E-state index contributed by atoms with van der Waals surface area (Å²) in [6.45, 7) is 8.56. The monoisotopic (exact) mass is 642 g/mol. The number of hydrogen-bond acceptors (Lipinski definition) is 2. The maximum atomic E-state index is 2.35. The Balaban J connectivity index is 0.975. The molecule has 0 aromatic heterocycles. The Morgan fingerprint density at radius 3 is 0.714 bits per heavy atom. The summed E-state index contributed by atoms with van der Waals surface area (Å²) >= 11 is 0. The van der Waals surface area contributed by atoms with E-state index in [0.29, 0.717) is 0 Å². The van der Waals surface area contributed by atoms with Crippen molar-refractivity contribution in [2.24, 2.45) is 0 Å². The van der Waals surface area contributed by atoms with E-state index in [1.165, 1.54) is 99.6 Å². The standard InChI is InChI=1S/C47H50N2/c1-36-12-24-42(25-13-36)48(43-26-14-37(2)15-27-43)46-32-20-40(21-33-46)10-8-6-5-7-9-11-41-22-34-47(35-23-41)49(44-28-16-38(3)17-29-44)45-30-18-39(4)19-31-45/h12-35H,5-11H2,1-4H3. The zero-order chi connectivity index (χ0) is 34.0. The molecule has 0 N–H and O–H groups in total. The minimum Gasteiger partial charge on any atom is -0.311 e. The SMILES string of the molecule is Cc1ccc(N(c2ccc(C)cc2)c2ccc(CCCCCCCc3ccc(N(c4ccc(C)cc4)c4ccc(C)cc4)cc3)cc2)cc1. The van der Waals surface area contributed by atoms with Crippen LogP contribution in [0.5, 0.6) is 0 Å². The van der Waals surface area contributed by atoms with Gasteiger partial charge in [0.1, 0.15) is 0 Å². The Morgan fingerprint density at radius 2 is 0.469 bits per heavy atom. The van der Waals surface area contributed by atoms with Gasteiger partial charge in [-0.25, -0.2) is 0 Å². The highest BCUT2D eigenvalue weighted by Crippen LogP contribution is 2.36. The van der Waals surface area contributed by atoms with E-state index in [1.54, 1.807) is 0 Å². The lowest BCUT2D eigenvalue weighted by atomic mass is 10.0. The summed E-state index contributed by atoms with van der Waals surface area (Å²) in [5.74, 6) is 0. The molecule has 0 atom stereocenters. The summed E-state index contributed by atoms with van der Waals surface area (Å²) in [4.78, 5) is 4.70. The molecule has 0 unspecified atom stereocenters. The van der Waals surface area contributed by atoms with Crippen molar-refractivity contribution in [2.45, 2.75) is 72.6 Å². The minimum atomic E-state index is 1.13. The normalized spacial score (nSPS) is 11.0. The first-order chi connectivity index (χ1) is 23.9. The molecule has 0 saturated carbocycles. The van der Waals surface area contributed by atoms with Crippen LogP contribution in [0.2, 0.25) is 0 Å². The second kappa shape index (κ2) is 16.3. The first-order valence-electron chi connectivity index (χ1n) is 18.0. The van der Waals surface area contributed by atoms with Crippen molar-refractivity contribution in [1.82, 2.24) is 0 Å². The van der Waals surface area contributed by atoms with Gasteiger partial charge in [-0.3, -0.25) is 0 Å². The van der Waals surface area contributed by atoms with Gasteiger partial charge in [0.2, 0.25) is 0 Å². The predicted molar refractivity (Wildman–Crippen MR) is 212 cm³/mol. The van der Waals surface area contributed by atoms with Gasteiger partial charge < -0.3 is 9.80 Å². The van der Waals surface area contributed by atoms with Crippen LogP contribution in [0.1, 0.15) is 65.5 Å². The molecule has 0 bridgehead atoms. The molecule has 248 valence electrons. The second-order valence-corrected chi connectivity index (χ2v) is 13.6. The van der Waals surface area contributed by atoms with Crippen molar-refractivity contribution >= 4 is 34.1 Å². The average molecular weight is 643 g/mol. The lowest BCUT2D eigenvalue weighted by molar-refractivity contribution is 0.613. The molecule has 2 heteroatoms. The lowest BCUT2D eigenvalue weighted by Gasteiger charge is -2.26. The van der Waals surface area contributed by atoms with E-state index in [9.17, 15) is 0 Å². The largest absolute Gasteiger partial charge is 0.311 e. The van der Waals surface area contributed by atoms with Crippen molar-refractivity contribution in [3.05, 3.63) is 179 Å². The van der Waals surface area contributed by atoms with Gasteiger partial charge in [-0.15, -0.1) is 0 Å². The van der Waals surface area contributed by atoms with Crippen LogP contribution in [0.4, 0.5) is 34.1 Å². The maximum absolute atomic E-state index is 2.35. The van der Waals surface area contributed by atoms with Crippen LogP contribution in [-0.2, 0) is 12.8 Å². The molecule has 2 nitrogen and oxygen atoms in total. The highest BCUT2D eigenvalue weighted by Gasteiger charge is 2.14. The van der Waals surface area contributed by atoms with Gasteiger partial charge in [0, 0.05) is 34.1 Å². The zero-order valence-electron chi connectivity index (χ0n) is 29.7. The van der Waals surface area contributed by atoms with Crippen molar-refractivity contribution in [1.29, 1.82) is 0 Å². The average Bonchev–Trinajstić information content (AvgIpc) is 3.12. The van der Waals surface area contributed by atoms with Gasteiger partial charge >= 0.3 is 0 Å². The van der Waals surface area contributed by atoms with Crippen LogP contribution in [0.15, 0.2) is 146 Å². The number of rotatable bonds is 14. The van der Waals surface area contributed by atoms with Gasteiger partial charge in [-0.1, -0.05) is 114 Å². The van der Waals surface area contributed by atoms with E-state index in [0.717, 1.165) is 12.8 Å². The molecule has 6 rings (SSSR count). The van der Waals surface area contributed by atoms with Crippen molar-refractivity contribution in [2.75, 3.05) is 9.80 Å². The van der Waals surface area contributed by atoms with Crippen LogP contribution in [0.25, 0.3) is 0 Å². The summed E-state index contributed by atoms with van der Waals surface area (Å²) in [7, 11) is 0. The predicted octanol–water partition coefficient (Wildman–Crippen LogP) is 13.6. The maximum Gasteiger partial charge on any atom is 0.0461 e. The van der Waals surface area contributed by atoms with E-state index < -0.39 is 0 Å². The van der Waals surface area contributed by atoms with Crippen LogP contribution in [-0.4, -0.2) is 0 Å². The molecule has 0 aliphatic rings. The van der Waals surface area contributed by atoms with Crippen molar-refractivity contribution < 1.29 is 0 Å². The fraction of sp³-hybridized carbons (Fsp3) is 0.234. The molecule has 0 aliphatic heterocycles. The molecule has 6 aromatic rings. The first kappa shape index (κ1) is 33.8. The third kappa shape index (κ3) is 9.09. The molecule has 0 saturated heterocycles. The smallest absolute Gasteiger partial charge is 0.0461 e. The van der Waals surface area contributed by atoms with E-state index in [4.69, 9.17) is 0 Å². The molecule has 6 aromatic carbocycles. The molecule has 0 heterocycles. The summed E-state index contributed by atoms with van der Waals surface area (Å²) < 4.78 is 0. The Labute approximate surface area is 294 Å². The highest BCUT2D eigenvalue weighted by atomic mass is 15.1. The zero-order valence-corrected chi connectivity index (χ0v) is 29.7. The minimum absolute atomic E-state index is 1.13. The third-order valence-corrected chi connectivity index (χ3v) is 9.49. The number of aryl methyl sites for hydroxylation is 6. The summed E-state index contributed by atoms with van der Waals surface area (Å²) in [5.41, 5.74) is 15.1. The van der Waals surface area contributed by atoms with Gasteiger partial charge in [-0.2, -0.15) is 0 Å². The molecule has 0 radical (unpaired) electrons. The van der Waals surface area contributed by atoms with Crippen LogP contribution in [0, 0.1) is 27.7 Å². The summed E-state index contributed by atoms with van der Waals surface area (Å²) in [5, 5.41) is 0. The van der Waals surface area contributed by atoms with Gasteiger partial charge in [0.05, 0.1) is 0 Å². The first-order valence-corrected chi connectivity index (χ1v) is 18.0. The van der Waals surface area contributed by atoms with E-state index >= 15 is 0 Å². The van der Waals surface area contributed by atoms with Gasteiger partial charge in [0.25, 0.3) is 0 Å². The highest BCUT2D eigenvalue weighted by molar-refractivity contribution is 5.78. The summed E-state index contributed by atoms with van der Waals surface area (Å²) in [6.07, 6.45) is 8.59. The van der Waals surface area contributed by atoms with Gasteiger partial charge in [0.15, 0.2) is 0 Å². The fourth-order valence-corrected chi connectivity index (χ4v) is 6.48. The fourth-order valence-electron chi connectivity index (χ4n) is 6.48. The Hall–Kier alpha value is -5.08. The third-order valence-electron chi connectivity index (χ3n) is 9.49. The molecule has 49 heavy (non-hydrogen) atoms. The molecular formula is C47H50N2. The van der Waals surface area contributed by atoms with E-state index in [-0.39, 0.29) is 0 Å². The second-order valence-electron chi connectivity index (χ2n) is 13.6. The molecule has 0 fully saturated rings. The molecule has 0 amide bonds. The topological polar surface area (TPSA) is 6.48 Å². The van der Waals surface area contributed by atoms with Gasteiger partial charge in [-0.05, 0) is 137 Å². The summed E-state index contributed by atoms with van der Waals surface area (Å²) in [6, 6.07) is 53.6. The Morgan fingerprint density at radius 1 is 0.265 bits per heavy atom. The Bertz CT molecular complexity index is 1630. The molecule has 0 spiro atoms. The molecular weight excluding hydrogens is 593 g/mol. The Kier molecular flexibility index (Phi) is 11.3. The van der Waals surface area contributed by atoms with Crippen LogP contribution in [0.3, 0.4) is 0 Å². The van der Waals surface area contributed by atoms with Crippen LogP contribution < -0.4 is 9.80 Å². The van der Waals surface area contributed by atoms with E-state index in [2.05, 4.69) is 183 Å². The lowest BCUT2D eigenvalue weighted by Crippen LogP contribution is -2.10. The van der Waals surface area contributed by atoms with Crippen molar-refractivity contribution in [3.8, 4) is 0 Å². The number of unbranched alkanes of at least 4 members (excludes halogenated alkanes) is 4. The molecule has 0 aliphatic carbocycles. The van der Waals surface area contributed by atoms with Crippen LogP contribution >= 0.6 is 0 Å². The number of nitrogens with zero attached hydrogens (tertiary/aromatic N) is 2. The number of anilines is 6. The number of hydrogen-bond donors (Lipinski definition) is 0. The number of benzene rings is 6. The van der Waals surface area contributed by atoms with Crippen molar-refractivity contribution in [3.63, 3.8) is 0 Å².